The molecule has 0 saturated carbocycles. The number of carbonyl (C=O) groups excluding carboxylic acids is 2. The molecule has 30 heavy (non-hydrogen) atoms. The molecule has 0 atom stereocenters. The SMILES string of the molecule is CCCOc1ccc(/C=C2\C(=O)N(CCOC)C(C)=C2C(=O)OCC)cc1OCC. The second-order valence-electron chi connectivity index (χ2n) is 6.68. The number of ether oxygens (including phenoxy) is 4. The van der Waals surface area contributed by atoms with Crippen LogP contribution in [0.4, 0.5) is 0 Å². The van der Waals surface area contributed by atoms with Gasteiger partial charge in [0.05, 0.1) is 37.6 Å². The highest BCUT2D eigenvalue weighted by atomic mass is 16.5. The van der Waals surface area contributed by atoms with Crippen LogP contribution in [0.3, 0.4) is 0 Å². The quantitative estimate of drug-likeness (QED) is 0.405. The number of methoxy groups -OCH3 is 1. The first-order chi connectivity index (χ1) is 14.5. The molecule has 0 radical (unpaired) electrons. The Bertz CT molecular complexity index is 827. The topological polar surface area (TPSA) is 74.3 Å². The fourth-order valence-corrected chi connectivity index (χ4v) is 3.16. The Morgan fingerprint density at radius 1 is 1.07 bits per heavy atom. The summed E-state index contributed by atoms with van der Waals surface area (Å²) in [6, 6.07) is 5.46. The summed E-state index contributed by atoms with van der Waals surface area (Å²) in [4.78, 5) is 27.2. The number of esters is 1. The van der Waals surface area contributed by atoms with Crippen molar-refractivity contribution in [3.05, 3.63) is 40.6 Å². The Hall–Kier alpha value is -2.80. The van der Waals surface area contributed by atoms with Gasteiger partial charge in [0.25, 0.3) is 5.91 Å². The van der Waals surface area contributed by atoms with E-state index < -0.39 is 5.97 Å². The maximum atomic E-state index is 13.1. The molecular formula is C23H31NO6. The molecule has 0 saturated heterocycles. The first kappa shape index (κ1) is 23.5. The lowest BCUT2D eigenvalue weighted by molar-refractivity contribution is -0.138. The summed E-state index contributed by atoms with van der Waals surface area (Å²) in [6.45, 7) is 9.43. The molecule has 7 heteroatoms. The fraction of sp³-hybridized carbons (Fsp3) is 0.478. The van der Waals surface area contributed by atoms with Gasteiger partial charge < -0.3 is 23.8 Å². The molecule has 1 aliphatic rings. The van der Waals surface area contributed by atoms with Gasteiger partial charge >= 0.3 is 5.97 Å². The zero-order valence-corrected chi connectivity index (χ0v) is 18.4. The van der Waals surface area contributed by atoms with E-state index in [1.165, 1.54) is 0 Å². The average molecular weight is 418 g/mol. The lowest BCUT2D eigenvalue weighted by Gasteiger charge is -2.17. The van der Waals surface area contributed by atoms with Crippen molar-refractivity contribution in [2.75, 3.05) is 40.1 Å². The summed E-state index contributed by atoms with van der Waals surface area (Å²) >= 11 is 0. The summed E-state index contributed by atoms with van der Waals surface area (Å²) in [5, 5.41) is 0. The predicted octanol–water partition coefficient (Wildman–Crippen LogP) is 3.58. The van der Waals surface area contributed by atoms with Crippen molar-refractivity contribution < 1.29 is 28.5 Å². The maximum Gasteiger partial charge on any atom is 0.340 e. The molecule has 0 bridgehead atoms. The summed E-state index contributed by atoms with van der Waals surface area (Å²) in [6.07, 6.45) is 2.58. The van der Waals surface area contributed by atoms with Gasteiger partial charge in [0.1, 0.15) is 0 Å². The third-order valence-electron chi connectivity index (χ3n) is 4.55. The van der Waals surface area contributed by atoms with Gasteiger partial charge in [0.15, 0.2) is 11.5 Å². The average Bonchev–Trinajstić information content (AvgIpc) is 2.95. The Morgan fingerprint density at radius 3 is 2.47 bits per heavy atom. The van der Waals surface area contributed by atoms with Gasteiger partial charge in [-0.1, -0.05) is 13.0 Å². The Balaban J connectivity index is 2.46. The van der Waals surface area contributed by atoms with Crippen LogP contribution < -0.4 is 9.47 Å². The monoisotopic (exact) mass is 417 g/mol. The van der Waals surface area contributed by atoms with Gasteiger partial charge in [-0.3, -0.25) is 4.79 Å². The van der Waals surface area contributed by atoms with Crippen LogP contribution in [0.1, 0.15) is 39.7 Å². The summed E-state index contributed by atoms with van der Waals surface area (Å²) < 4.78 is 21.7. The van der Waals surface area contributed by atoms with Gasteiger partial charge in [-0.25, -0.2) is 4.79 Å². The van der Waals surface area contributed by atoms with Crippen LogP contribution in [0.5, 0.6) is 11.5 Å². The Labute approximate surface area is 178 Å². The van der Waals surface area contributed by atoms with Crippen molar-refractivity contribution >= 4 is 18.0 Å². The molecule has 7 nitrogen and oxygen atoms in total. The number of hydrogen-bond donors (Lipinski definition) is 0. The molecule has 1 aliphatic heterocycles. The summed E-state index contributed by atoms with van der Waals surface area (Å²) in [5.41, 5.74) is 1.87. The zero-order chi connectivity index (χ0) is 22.1. The van der Waals surface area contributed by atoms with Crippen molar-refractivity contribution in [3.8, 4) is 11.5 Å². The van der Waals surface area contributed by atoms with Crippen molar-refractivity contribution in [2.45, 2.75) is 34.1 Å². The van der Waals surface area contributed by atoms with E-state index in [2.05, 4.69) is 0 Å². The first-order valence-corrected chi connectivity index (χ1v) is 10.3. The van der Waals surface area contributed by atoms with E-state index in [1.807, 2.05) is 32.0 Å². The van der Waals surface area contributed by atoms with Gasteiger partial charge in [-0.05, 0) is 51.0 Å². The van der Waals surface area contributed by atoms with Crippen molar-refractivity contribution in [2.24, 2.45) is 0 Å². The second-order valence-corrected chi connectivity index (χ2v) is 6.68. The lowest BCUT2D eigenvalue weighted by Crippen LogP contribution is -2.28. The number of nitrogens with zero attached hydrogens (tertiary/aromatic N) is 1. The van der Waals surface area contributed by atoms with Gasteiger partial charge in [0.2, 0.25) is 0 Å². The van der Waals surface area contributed by atoms with Crippen LogP contribution in [0, 0.1) is 0 Å². The normalized spacial score (nSPS) is 15.2. The van der Waals surface area contributed by atoms with Crippen molar-refractivity contribution in [3.63, 3.8) is 0 Å². The van der Waals surface area contributed by atoms with Crippen LogP contribution >= 0.6 is 0 Å². The second kappa shape index (κ2) is 11.4. The van der Waals surface area contributed by atoms with Gasteiger partial charge in [-0.2, -0.15) is 0 Å². The molecule has 0 aromatic heterocycles. The molecule has 0 fully saturated rings. The van der Waals surface area contributed by atoms with Crippen LogP contribution in [-0.2, 0) is 19.1 Å². The van der Waals surface area contributed by atoms with Crippen molar-refractivity contribution in [1.82, 2.24) is 4.90 Å². The largest absolute Gasteiger partial charge is 0.490 e. The third-order valence-corrected chi connectivity index (χ3v) is 4.55. The molecular weight excluding hydrogens is 386 g/mol. The first-order valence-electron chi connectivity index (χ1n) is 10.3. The number of carbonyl (C=O) groups is 2. The number of allylic oxidation sites excluding steroid dienone is 1. The van der Waals surface area contributed by atoms with E-state index in [0.717, 1.165) is 12.0 Å². The van der Waals surface area contributed by atoms with E-state index >= 15 is 0 Å². The standard InChI is InChI=1S/C23H31NO6/c1-6-12-30-19-10-9-17(15-20(19)28-7-2)14-18-21(23(26)29-8-3)16(4)24(22(18)25)11-13-27-5/h9-10,14-15H,6-8,11-13H2,1-5H3/b18-14-. The number of hydrogen-bond acceptors (Lipinski definition) is 6. The van der Waals surface area contributed by atoms with Crippen LogP contribution in [0.2, 0.25) is 0 Å². The minimum absolute atomic E-state index is 0.229. The number of rotatable bonds is 11. The minimum Gasteiger partial charge on any atom is -0.490 e. The third kappa shape index (κ3) is 5.42. The summed E-state index contributed by atoms with van der Waals surface area (Å²) in [5.74, 6) is 0.484. The number of amides is 1. The van der Waals surface area contributed by atoms with E-state index in [-0.39, 0.29) is 18.1 Å². The smallest absolute Gasteiger partial charge is 0.340 e. The van der Waals surface area contributed by atoms with Gasteiger partial charge in [0, 0.05) is 19.4 Å². The van der Waals surface area contributed by atoms with Crippen LogP contribution in [0.25, 0.3) is 6.08 Å². The van der Waals surface area contributed by atoms with Crippen molar-refractivity contribution in [1.29, 1.82) is 0 Å². The molecule has 2 rings (SSSR count). The Morgan fingerprint density at radius 2 is 1.83 bits per heavy atom. The van der Waals surface area contributed by atoms with E-state index in [4.69, 9.17) is 18.9 Å². The van der Waals surface area contributed by atoms with Crippen LogP contribution in [0.15, 0.2) is 35.0 Å². The molecule has 1 aromatic carbocycles. The highest BCUT2D eigenvalue weighted by Crippen LogP contribution is 2.34. The highest BCUT2D eigenvalue weighted by molar-refractivity contribution is 6.16. The molecule has 1 amide bonds. The Kier molecular flexibility index (Phi) is 8.92. The zero-order valence-electron chi connectivity index (χ0n) is 18.4. The molecule has 164 valence electrons. The van der Waals surface area contributed by atoms with E-state index in [1.54, 1.807) is 31.9 Å². The number of benzene rings is 1. The highest BCUT2D eigenvalue weighted by Gasteiger charge is 2.36. The molecule has 1 aromatic rings. The minimum atomic E-state index is -0.512. The van der Waals surface area contributed by atoms with Gasteiger partial charge in [-0.15, -0.1) is 0 Å². The summed E-state index contributed by atoms with van der Waals surface area (Å²) in [7, 11) is 1.57. The van der Waals surface area contributed by atoms with Crippen LogP contribution in [-0.4, -0.2) is 56.9 Å². The maximum absolute atomic E-state index is 13.1. The molecule has 0 unspecified atom stereocenters. The molecule has 0 aliphatic carbocycles. The molecule has 0 N–H and O–H groups in total. The lowest BCUT2D eigenvalue weighted by atomic mass is 10.0. The molecule has 1 heterocycles. The van der Waals surface area contributed by atoms with E-state index in [0.29, 0.717) is 49.1 Å². The fourth-order valence-electron chi connectivity index (χ4n) is 3.16. The van der Waals surface area contributed by atoms with E-state index in [9.17, 15) is 9.59 Å². The molecule has 0 spiro atoms. The predicted molar refractivity (Wildman–Crippen MR) is 114 cm³/mol.